The van der Waals surface area contributed by atoms with Crippen LogP contribution in [0.3, 0.4) is 0 Å². The molecule has 0 amide bonds. The van der Waals surface area contributed by atoms with Crippen LogP contribution in [-0.2, 0) is 25.7 Å². The maximum atomic E-state index is 11.4. The number of benzene rings is 1. The maximum Gasteiger partial charge on any atom is 0.333 e. The first-order valence-corrected chi connectivity index (χ1v) is 9.14. The summed E-state index contributed by atoms with van der Waals surface area (Å²) in [4.78, 5) is 22.7. The number of hydrogen-bond acceptors (Lipinski definition) is 9. The summed E-state index contributed by atoms with van der Waals surface area (Å²) in [7, 11) is 0. The summed E-state index contributed by atoms with van der Waals surface area (Å²) in [6.07, 6.45) is -2.20. The van der Waals surface area contributed by atoms with Crippen molar-refractivity contribution in [3.05, 3.63) is 48.1 Å². The van der Waals surface area contributed by atoms with Crippen molar-refractivity contribution in [2.45, 2.75) is 32.7 Å². The summed E-state index contributed by atoms with van der Waals surface area (Å²) < 4.78 is 20.7. The highest BCUT2D eigenvalue weighted by Crippen LogP contribution is 2.29. The summed E-state index contributed by atoms with van der Waals surface area (Å²) in [5, 5.41) is 29.1. The molecule has 0 aliphatic rings. The lowest BCUT2D eigenvalue weighted by Gasteiger charge is -2.18. The fraction of sp³-hybridized carbons (Fsp3) is 0.429. The van der Waals surface area contributed by atoms with Crippen molar-refractivity contribution in [1.82, 2.24) is 0 Å². The summed E-state index contributed by atoms with van der Waals surface area (Å²) in [5.74, 6) is -0.796. The molecule has 1 rings (SSSR count). The van der Waals surface area contributed by atoms with E-state index < -0.39 is 24.1 Å². The molecule has 0 aromatic heterocycles. The Kier molecular flexibility index (Phi) is 10.6. The highest BCUT2D eigenvalue weighted by atomic mass is 16.6. The van der Waals surface area contributed by atoms with Crippen molar-refractivity contribution in [2.24, 2.45) is 0 Å². The Labute approximate surface area is 175 Å². The lowest BCUT2D eigenvalue weighted by Crippen LogP contribution is -2.26. The third-order valence-electron chi connectivity index (χ3n) is 3.56. The molecular formula is C21H28O9. The fourth-order valence-corrected chi connectivity index (χ4v) is 1.94. The molecule has 0 bridgehead atoms. The van der Waals surface area contributed by atoms with Crippen molar-refractivity contribution in [3.63, 3.8) is 0 Å². The Balaban J connectivity index is 2.63. The second-order valence-corrected chi connectivity index (χ2v) is 6.63. The first-order valence-electron chi connectivity index (χ1n) is 9.14. The molecule has 9 nitrogen and oxygen atoms in total. The van der Waals surface area contributed by atoms with Gasteiger partial charge < -0.3 is 34.3 Å². The van der Waals surface area contributed by atoms with Crippen molar-refractivity contribution in [2.75, 3.05) is 26.4 Å². The Hall–Kier alpha value is -2.88. The number of aliphatic hydroxyl groups is 3. The molecular weight excluding hydrogens is 396 g/mol. The average molecular weight is 424 g/mol. The molecule has 0 radical (unpaired) electrons. The zero-order valence-electron chi connectivity index (χ0n) is 17.1. The van der Waals surface area contributed by atoms with Gasteiger partial charge in [-0.05, 0) is 31.5 Å². The molecule has 0 saturated carbocycles. The molecule has 1 aromatic rings. The first kappa shape index (κ1) is 25.2. The largest absolute Gasteiger partial charge is 0.487 e. The van der Waals surface area contributed by atoms with E-state index >= 15 is 0 Å². The van der Waals surface area contributed by atoms with Crippen LogP contribution in [0, 0.1) is 0 Å². The van der Waals surface area contributed by atoms with E-state index in [9.17, 15) is 24.9 Å². The molecule has 2 atom stereocenters. The van der Waals surface area contributed by atoms with Crippen molar-refractivity contribution in [1.29, 1.82) is 0 Å². The Bertz CT molecular complexity index is 757. The predicted octanol–water partition coefficient (Wildman–Crippen LogP) is 0.897. The van der Waals surface area contributed by atoms with Gasteiger partial charge in [0.25, 0.3) is 0 Å². The number of carbonyl (C=O) groups excluding carboxylic acids is 2. The van der Waals surface area contributed by atoms with E-state index in [0.29, 0.717) is 5.56 Å². The van der Waals surface area contributed by atoms with Crippen LogP contribution in [0.2, 0.25) is 0 Å². The van der Waals surface area contributed by atoms with Gasteiger partial charge in [0, 0.05) is 11.1 Å². The van der Waals surface area contributed by atoms with Gasteiger partial charge in [-0.25, -0.2) is 9.59 Å². The minimum atomic E-state index is -1.11. The van der Waals surface area contributed by atoms with Gasteiger partial charge in [-0.15, -0.1) is 0 Å². The molecule has 0 aliphatic carbocycles. The molecule has 9 heteroatoms. The predicted molar refractivity (Wildman–Crippen MR) is 107 cm³/mol. The lowest BCUT2D eigenvalue weighted by atomic mass is 10.2. The zero-order chi connectivity index (χ0) is 22.7. The van der Waals surface area contributed by atoms with E-state index in [0.717, 1.165) is 0 Å². The summed E-state index contributed by atoms with van der Waals surface area (Å²) >= 11 is 0. The normalized spacial score (nSPS) is 12.4. The van der Waals surface area contributed by atoms with Crippen LogP contribution in [0.5, 0.6) is 11.5 Å². The van der Waals surface area contributed by atoms with Gasteiger partial charge >= 0.3 is 11.9 Å². The van der Waals surface area contributed by atoms with Gasteiger partial charge in [0.15, 0.2) is 11.5 Å². The molecule has 30 heavy (non-hydrogen) atoms. The van der Waals surface area contributed by atoms with Crippen LogP contribution < -0.4 is 9.47 Å². The summed E-state index contributed by atoms with van der Waals surface area (Å²) in [6.45, 7) is 8.66. The fourth-order valence-electron chi connectivity index (χ4n) is 1.94. The lowest BCUT2D eigenvalue weighted by molar-refractivity contribution is -0.143. The third-order valence-corrected chi connectivity index (χ3v) is 3.56. The highest BCUT2D eigenvalue weighted by molar-refractivity contribution is 5.87. The van der Waals surface area contributed by atoms with E-state index in [1.165, 1.54) is 26.0 Å². The summed E-state index contributed by atoms with van der Waals surface area (Å²) in [5.41, 5.74) is 0.962. The molecule has 2 unspecified atom stereocenters. The zero-order valence-corrected chi connectivity index (χ0v) is 17.1. The van der Waals surface area contributed by atoms with Crippen LogP contribution in [0.1, 0.15) is 19.4 Å². The number of aliphatic hydroxyl groups excluding tert-OH is 3. The molecule has 0 heterocycles. The van der Waals surface area contributed by atoms with Crippen LogP contribution in [0.4, 0.5) is 0 Å². The monoisotopic (exact) mass is 424 g/mol. The van der Waals surface area contributed by atoms with Crippen molar-refractivity contribution >= 4 is 11.9 Å². The summed E-state index contributed by atoms with van der Waals surface area (Å²) in [6, 6.07) is 4.64. The average Bonchev–Trinajstić information content (AvgIpc) is 2.72. The SMILES string of the molecule is C=C(C)C(=O)OCC(O)COc1ccc(CO)cc1OCC(O)COC(=O)C(=C)C. The third kappa shape index (κ3) is 9.08. The second-order valence-electron chi connectivity index (χ2n) is 6.63. The van der Waals surface area contributed by atoms with Crippen LogP contribution in [0.15, 0.2) is 42.5 Å². The number of ether oxygens (including phenoxy) is 4. The maximum absolute atomic E-state index is 11.4. The van der Waals surface area contributed by atoms with Crippen molar-refractivity contribution < 1.29 is 43.9 Å². The Morgan fingerprint density at radius 1 is 0.867 bits per heavy atom. The second kappa shape index (κ2) is 12.6. The minimum absolute atomic E-state index is 0.197. The van der Waals surface area contributed by atoms with Gasteiger partial charge in [-0.1, -0.05) is 19.2 Å². The quantitative estimate of drug-likeness (QED) is 0.312. The molecule has 0 fully saturated rings. The topological polar surface area (TPSA) is 132 Å². The number of esters is 2. The molecule has 0 aliphatic heterocycles. The number of rotatable bonds is 13. The van der Waals surface area contributed by atoms with E-state index in [2.05, 4.69) is 13.2 Å². The Morgan fingerprint density at radius 3 is 1.77 bits per heavy atom. The highest BCUT2D eigenvalue weighted by Gasteiger charge is 2.15. The van der Waals surface area contributed by atoms with Gasteiger partial charge in [0.2, 0.25) is 0 Å². The number of carbonyl (C=O) groups is 2. The molecule has 1 aromatic carbocycles. The molecule has 0 spiro atoms. The Morgan fingerprint density at radius 2 is 1.33 bits per heavy atom. The standard InChI is InChI=1S/C21H28O9/c1-13(2)20(25)29-11-16(23)9-27-18-6-5-15(8-22)7-19(18)28-10-17(24)12-30-21(26)14(3)4/h5-7,16-17,22-24H,1,3,8-12H2,2,4H3. The molecule has 166 valence electrons. The minimum Gasteiger partial charge on any atom is -0.487 e. The van der Waals surface area contributed by atoms with Gasteiger partial charge in [-0.3, -0.25) is 0 Å². The smallest absolute Gasteiger partial charge is 0.333 e. The van der Waals surface area contributed by atoms with Gasteiger partial charge in [0.1, 0.15) is 38.6 Å². The van der Waals surface area contributed by atoms with E-state index in [1.54, 1.807) is 6.07 Å². The van der Waals surface area contributed by atoms with Crippen LogP contribution in [-0.4, -0.2) is 65.9 Å². The van der Waals surface area contributed by atoms with E-state index in [-0.39, 0.29) is 55.7 Å². The van der Waals surface area contributed by atoms with Gasteiger partial charge in [-0.2, -0.15) is 0 Å². The van der Waals surface area contributed by atoms with Crippen LogP contribution in [0.25, 0.3) is 0 Å². The molecule has 3 N–H and O–H groups in total. The number of hydrogen-bond donors (Lipinski definition) is 3. The van der Waals surface area contributed by atoms with E-state index in [1.807, 2.05) is 0 Å². The molecule has 0 saturated heterocycles. The van der Waals surface area contributed by atoms with E-state index in [4.69, 9.17) is 18.9 Å². The van der Waals surface area contributed by atoms with Crippen molar-refractivity contribution in [3.8, 4) is 11.5 Å². The van der Waals surface area contributed by atoms with Gasteiger partial charge in [0.05, 0.1) is 6.61 Å². The van der Waals surface area contributed by atoms with Crippen LogP contribution >= 0.6 is 0 Å². The first-order chi connectivity index (χ1) is 14.1.